The van der Waals surface area contributed by atoms with Crippen LogP contribution in [0.5, 0.6) is 0 Å². The van der Waals surface area contributed by atoms with E-state index in [0.29, 0.717) is 16.3 Å². The summed E-state index contributed by atoms with van der Waals surface area (Å²) in [7, 11) is 0. The molecule has 0 saturated heterocycles. The number of carbonyl (C=O) groups is 2. The first kappa shape index (κ1) is 16.2. The second-order valence-electron chi connectivity index (χ2n) is 5.28. The molecule has 0 saturated carbocycles. The van der Waals surface area contributed by atoms with Gasteiger partial charge in [-0.3, -0.25) is 9.59 Å². The lowest BCUT2D eigenvalue weighted by Gasteiger charge is -2.06. The molecule has 0 aliphatic rings. The number of Topliss-reactive ketones (excluding diaryl/α,β-unsaturated/α-hetero) is 1. The van der Waals surface area contributed by atoms with Crippen molar-refractivity contribution in [3.8, 4) is 0 Å². The van der Waals surface area contributed by atoms with Crippen molar-refractivity contribution >= 4 is 29.0 Å². The number of aryl methyl sites for hydroxylation is 2. The molecule has 1 N–H and O–H groups in total. The number of hydrogen-bond acceptors (Lipinski definition) is 2. The topological polar surface area (TPSA) is 46.2 Å². The Balaban J connectivity index is 1.90. The lowest BCUT2D eigenvalue weighted by molar-refractivity contribution is -0.116. The van der Waals surface area contributed by atoms with E-state index in [-0.39, 0.29) is 24.5 Å². The van der Waals surface area contributed by atoms with Gasteiger partial charge in [0.1, 0.15) is 0 Å². The van der Waals surface area contributed by atoms with Gasteiger partial charge < -0.3 is 5.32 Å². The fourth-order valence-electron chi connectivity index (χ4n) is 2.08. The van der Waals surface area contributed by atoms with Crippen LogP contribution < -0.4 is 5.32 Å². The van der Waals surface area contributed by atoms with Crippen LogP contribution in [0.4, 0.5) is 5.69 Å². The van der Waals surface area contributed by atoms with Crippen LogP contribution in [-0.4, -0.2) is 11.7 Å². The molecule has 0 unspecified atom stereocenters. The van der Waals surface area contributed by atoms with Crippen molar-refractivity contribution in [1.82, 2.24) is 0 Å². The molecule has 2 aromatic carbocycles. The van der Waals surface area contributed by atoms with Crippen LogP contribution in [0.2, 0.25) is 5.02 Å². The van der Waals surface area contributed by atoms with E-state index in [1.54, 1.807) is 30.3 Å². The summed E-state index contributed by atoms with van der Waals surface area (Å²) in [6.07, 6.45) is 0.340. The molecule has 1 amide bonds. The third-order valence-electron chi connectivity index (χ3n) is 3.52. The lowest BCUT2D eigenvalue weighted by Crippen LogP contribution is -2.13. The zero-order chi connectivity index (χ0) is 16.1. The van der Waals surface area contributed by atoms with Crippen LogP contribution >= 0.6 is 11.6 Å². The Morgan fingerprint density at radius 1 is 1.00 bits per heavy atom. The molecule has 0 aromatic heterocycles. The van der Waals surface area contributed by atoms with Crippen molar-refractivity contribution in [2.75, 3.05) is 5.32 Å². The van der Waals surface area contributed by atoms with Gasteiger partial charge in [-0.15, -0.1) is 0 Å². The Labute approximate surface area is 135 Å². The van der Waals surface area contributed by atoms with Gasteiger partial charge in [0.05, 0.1) is 0 Å². The number of amides is 1. The molecule has 2 rings (SSSR count). The van der Waals surface area contributed by atoms with E-state index in [4.69, 9.17) is 11.6 Å². The Bertz CT molecular complexity index is 710. The smallest absolute Gasteiger partial charge is 0.224 e. The van der Waals surface area contributed by atoms with E-state index in [1.165, 1.54) is 0 Å². The van der Waals surface area contributed by atoms with Crippen LogP contribution in [0.15, 0.2) is 42.5 Å². The quantitative estimate of drug-likeness (QED) is 0.822. The Morgan fingerprint density at radius 3 is 2.45 bits per heavy atom. The van der Waals surface area contributed by atoms with Crippen LogP contribution in [0.25, 0.3) is 0 Å². The van der Waals surface area contributed by atoms with E-state index in [9.17, 15) is 9.59 Å². The molecule has 22 heavy (non-hydrogen) atoms. The van der Waals surface area contributed by atoms with Crippen molar-refractivity contribution in [3.05, 3.63) is 64.2 Å². The van der Waals surface area contributed by atoms with Gasteiger partial charge in [0.2, 0.25) is 5.91 Å². The largest absolute Gasteiger partial charge is 0.326 e. The predicted octanol–water partition coefficient (Wildman–Crippen LogP) is 4.56. The third kappa shape index (κ3) is 4.43. The van der Waals surface area contributed by atoms with Gasteiger partial charge in [0, 0.05) is 29.1 Å². The number of benzene rings is 2. The highest BCUT2D eigenvalue weighted by atomic mass is 35.5. The highest BCUT2D eigenvalue weighted by Gasteiger charge is 2.10. The van der Waals surface area contributed by atoms with E-state index >= 15 is 0 Å². The molecule has 0 aliphatic carbocycles. The van der Waals surface area contributed by atoms with E-state index in [1.807, 2.05) is 26.0 Å². The van der Waals surface area contributed by atoms with Crippen molar-refractivity contribution in [2.45, 2.75) is 26.7 Å². The standard InChI is InChI=1S/C18H18ClNO2/c1-12-6-7-14(10-13(12)2)17(21)8-9-18(22)20-16-5-3-4-15(19)11-16/h3-7,10-11H,8-9H2,1-2H3,(H,20,22). The number of nitrogens with one attached hydrogen (secondary N) is 1. The average molecular weight is 316 g/mol. The molecule has 0 radical (unpaired) electrons. The summed E-state index contributed by atoms with van der Waals surface area (Å²) in [4.78, 5) is 24.0. The molecule has 0 bridgehead atoms. The average Bonchev–Trinajstić information content (AvgIpc) is 2.47. The molecule has 0 spiro atoms. The summed E-state index contributed by atoms with van der Waals surface area (Å²) in [5.41, 5.74) is 3.51. The van der Waals surface area contributed by atoms with E-state index in [2.05, 4.69) is 5.32 Å². The van der Waals surface area contributed by atoms with Crippen molar-refractivity contribution in [3.63, 3.8) is 0 Å². The molecule has 4 heteroatoms. The number of ketones is 1. The van der Waals surface area contributed by atoms with Crippen LogP contribution in [0, 0.1) is 13.8 Å². The van der Waals surface area contributed by atoms with Gasteiger partial charge in [-0.05, 0) is 49.2 Å². The molecule has 0 heterocycles. The summed E-state index contributed by atoms with van der Waals surface area (Å²) in [6, 6.07) is 12.5. The van der Waals surface area contributed by atoms with Gasteiger partial charge in [0.15, 0.2) is 5.78 Å². The number of halogens is 1. The van der Waals surface area contributed by atoms with E-state index in [0.717, 1.165) is 11.1 Å². The normalized spacial score (nSPS) is 10.3. The van der Waals surface area contributed by atoms with Crippen molar-refractivity contribution < 1.29 is 9.59 Å². The first-order chi connectivity index (χ1) is 10.5. The highest BCUT2D eigenvalue weighted by molar-refractivity contribution is 6.30. The summed E-state index contributed by atoms with van der Waals surface area (Å²) < 4.78 is 0. The molecular formula is C18H18ClNO2. The van der Waals surface area contributed by atoms with Crippen molar-refractivity contribution in [2.24, 2.45) is 0 Å². The molecular weight excluding hydrogens is 298 g/mol. The SMILES string of the molecule is Cc1ccc(C(=O)CCC(=O)Nc2cccc(Cl)c2)cc1C. The number of anilines is 1. The summed E-state index contributed by atoms with van der Waals surface area (Å²) in [5.74, 6) is -0.219. The Hall–Kier alpha value is -2.13. The zero-order valence-electron chi connectivity index (χ0n) is 12.7. The predicted molar refractivity (Wildman–Crippen MR) is 89.6 cm³/mol. The number of rotatable bonds is 5. The Morgan fingerprint density at radius 2 is 1.77 bits per heavy atom. The maximum atomic E-state index is 12.1. The maximum Gasteiger partial charge on any atom is 0.224 e. The minimum Gasteiger partial charge on any atom is -0.326 e. The van der Waals surface area contributed by atoms with Gasteiger partial charge in [0.25, 0.3) is 0 Å². The molecule has 2 aromatic rings. The molecule has 114 valence electrons. The van der Waals surface area contributed by atoms with Crippen LogP contribution in [0.3, 0.4) is 0 Å². The number of hydrogen-bond donors (Lipinski definition) is 1. The first-order valence-electron chi connectivity index (χ1n) is 7.11. The van der Waals surface area contributed by atoms with Crippen LogP contribution in [0.1, 0.15) is 34.3 Å². The fraction of sp³-hybridized carbons (Fsp3) is 0.222. The van der Waals surface area contributed by atoms with Crippen LogP contribution in [-0.2, 0) is 4.79 Å². The van der Waals surface area contributed by atoms with Gasteiger partial charge in [-0.1, -0.05) is 29.8 Å². The second-order valence-corrected chi connectivity index (χ2v) is 5.72. The lowest BCUT2D eigenvalue weighted by atomic mass is 10.0. The van der Waals surface area contributed by atoms with Gasteiger partial charge >= 0.3 is 0 Å². The summed E-state index contributed by atoms with van der Waals surface area (Å²) in [5, 5.41) is 3.29. The molecule has 3 nitrogen and oxygen atoms in total. The fourth-order valence-corrected chi connectivity index (χ4v) is 2.27. The highest BCUT2D eigenvalue weighted by Crippen LogP contribution is 2.16. The van der Waals surface area contributed by atoms with Gasteiger partial charge in [-0.2, -0.15) is 0 Å². The monoisotopic (exact) mass is 315 g/mol. The third-order valence-corrected chi connectivity index (χ3v) is 3.75. The number of carbonyl (C=O) groups excluding carboxylic acids is 2. The molecule has 0 fully saturated rings. The van der Waals surface area contributed by atoms with Crippen molar-refractivity contribution in [1.29, 1.82) is 0 Å². The maximum absolute atomic E-state index is 12.1. The molecule has 0 atom stereocenters. The second kappa shape index (κ2) is 7.23. The minimum atomic E-state index is -0.195. The summed E-state index contributed by atoms with van der Waals surface area (Å²) in [6.45, 7) is 3.97. The Kier molecular flexibility index (Phi) is 5.34. The zero-order valence-corrected chi connectivity index (χ0v) is 13.4. The molecule has 0 aliphatic heterocycles. The van der Waals surface area contributed by atoms with E-state index < -0.39 is 0 Å². The first-order valence-corrected chi connectivity index (χ1v) is 7.49. The minimum absolute atomic E-state index is 0.0238. The summed E-state index contributed by atoms with van der Waals surface area (Å²) >= 11 is 5.86. The van der Waals surface area contributed by atoms with Gasteiger partial charge in [-0.25, -0.2) is 0 Å².